The predicted molar refractivity (Wildman–Crippen MR) is 287 cm³/mol. The molecule has 0 aliphatic carbocycles. The fourth-order valence-corrected chi connectivity index (χ4v) is 8.47. The highest BCUT2D eigenvalue weighted by Gasteiger charge is 2.21. The van der Waals surface area contributed by atoms with Gasteiger partial charge in [0.1, 0.15) is 19.8 Å². The fourth-order valence-electron chi connectivity index (χ4n) is 7.74. The molecule has 0 aromatic carbocycles. The van der Waals surface area contributed by atoms with Gasteiger partial charge in [0.25, 0.3) is 7.82 Å². The molecule has 2 atom stereocenters. The molecule has 0 aromatic rings. The maximum absolute atomic E-state index is 12.7. The molecular formula is C58H106NO8P. The van der Waals surface area contributed by atoms with Crippen molar-refractivity contribution in [1.29, 1.82) is 0 Å². The van der Waals surface area contributed by atoms with Gasteiger partial charge in [-0.2, -0.15) is 0 Å². The Morgan fingerprint density at radius 1 is 0.471 bits per heavy atom. The van der Waals surface area contributed by atoms with E-state index in [0.717, 1.165) is 70.6 Å². The Hall–Kier alpha value is -2.29. The van der Waals surface area contributed by atoms with E-state index in [1.165, 1.54) is 141 Å². The zero-order chi connectivity index (χ0) is 49.9. The molecule has 0 N–H and O–H groups in total. The largest absolute Gasteiger partial charge is 0.756 e. The van der Waals surface area contributed by atoms with E-state index in [2.05, 4.69) is 74.6 Å². The van der Waals surface area contributed by atoms with Gasteiger partial charge in [0.05, 0.1) is 27.7 Å². The topological polar surface area (TPSA) is 111 Å². The minimum absolute atomic E-state index is 0.0295. The highest BCUT2D eigenvalue weighted by atomic mass is 31.2. The van der Waals surface area contributed by atoms with Crippen molar-refractivity contribution in [3.8, 4) is 0 Å². The summed E-state index contributed by atoms with van der Waals surface area (Å²) in [7, 11) is 1.17. The summed E-state index contributed by atoms with van der Waals surface area (Å²) in [5.74, 6) is -0.829. The van der Waals surface area contributed by atoms with Gasteiger partial charge in [0.2, 0.25) is 0 Å². The van der Waals surface area contributed by atoms with Crippen molar-refractivity contribution in [2.24, 2.45) is 0 Å². The number of likely N-dealkylation sites (N-methyl/N-ethyl adjacent to an activating group) is 1. The molecule has 396 valence electrons. The SMILES string of the molecule is CC/C=C\C/C=C\C/C=C\C/C=C\C/C=C\CCCCCCCCCCCCCCCCCCCCCC(=O)OC(COC(=O)CCCCCCCCCCC)COP(=O)([O-])OCC[N+](C)(C)C. The summed E-state index contributed by atoms with van der Waals surface area (Å²) in [6, 6.07) is 0. The molecule has 0 saturated carbocycles. The van der Waals surface area contributed by atoms with Crippen LogP contribution in [-0.2, 0) is 32.7 Å². The number of quaternary nitrogens is 1. The van der Waals surface area contributed by atoms with E-state index in [-0.39, 0.29) is 32.0 Å². The first kappa shape index (κ1) is 65.7. The lowest BCUT2D eigenvalue weighted by atomic mass is 10.0. The van der Waals surface area contributed by atoms with Crippen LogP contribution in [0.2, 0.25) is 0 Å². The molecule has 0 aliphatic rings. The van der Waals surface area contributed by atoms with Gasteiger partial charge in [-0.3, -0.25) is 14.2 Å². The number of phosphoric ester groups is 1. The van der Waals surface area contributed by atoms with Crippen LogP contribution in [0, 0.1) is 0 Å². The number of carbonyl (C=O) groups excluding carboxylic acids is 2. The lowest BCUT2D eigenvalue weighted by Crippen LogP contribution is -2.37. The molecule has 0 fully saturated rings. The van der Waals surface area contributed by atoms with Crippen LogP contribution in [0.1, 0.15) is 245 Å². The summed E-state index contributed by atoms with van der Waals surface area (Å²) in [6.45, 7) is 4.11. The van der Waals surface area contributed by atoms with Crippen molar-refractivity contribution in [3.63, 3.8) is 0 Å². The van der Waals surface area contributed by atoms with Crippen LogP contribution in [0.4, 0.5) is 0 Å². The zero-order valence-corrected chi connectivity index (χ0v) is 45.7. The molecule has 2 unspecified atom stereocenters. The molecule has 0 aromatic heterocycles. The molecule has 0 spiro atoms. The van der Waals surface area contributed by atoms with E-state index in [1.54, 1.807) is 0 Å². The number of phosphoric acid groups is 1. The Labute approximate surface area is 419 Å². The Morgan fingerprint density at radius 2 is 0.838 bits per heavy atom. The third kappa shape index (κ3) is 53.1. The Kier molecular flexibility index (Phi) is 48.0. The molecule has 0 radical (unpaired) electrons. The van der Waals surface area contributed by atoms with E-state index >= 15 is 0 Å². The normalized spacial score (nSPS) is 13.8. The standard InChI is InChI=1S/C58H106NO8P/c1-6-8-10-12-14-16-17-18-19-20-21-22-23-24-25-26-27-28-29-30-31-32-33-34-35-36-37-38-39-40-41-43-45-47-49-51-58(61)67-56(55-66-68(62,63)65-53-52-59(3,4)5)54-64-57(60)50-48-46-44-42-15-13-11-9-7-2/h8,10,14,16,18-19,21-22,24-25,56H,6-7,9,11-13,15,17,20,23,26-55H2,1-5H3/b10-8-,16-14-,19-18-,22-21-,25-24-. The van der Waals surface area contributed by atoms with Crippen LogP contribution in [0.15, 0.2) is 60.8 Å². The second-order valence-electron chi connectivity index (χ2n) is 19.9. The van der Waals surface area contributed by atoms with Gasteiger partial charge in [-0.25, -0.2) is 0 Å². The van der Waals surface area contributed by atoms with Crippen LogP contribution < -0.4 is 4.89 Å². The van der Waals surface area contributed by atoms with Crippen molar-refractivity contribution < 1.29 is 42.1 Å². The smallest absolute Gasteiger partial charge is 0.306 e. The summed E-state index contributed by atoms with van der Waals surface area (Å²) in [4.78, 5) is 37.6. The molecule has 0 amide bonds. The van der Waals surface area contributed by atoms with Crippen molar-refractivity contribution >= 4 is 19.8 Å². The van der Waals surface area contributed by atoms with Crippen LogP contribution in [0.3, 0.4) is 0 Å². The lowest BCUT2D eigenvalue weighted by Gasteiger charge is -2.28. The Bertz CT molecular complexity index is 1340. The van der Waals surface area contributed by atoms with E-state index in [9.17, 15) is 19.0 Å². The highest BCUT2D eigenvalue weighted by Crippen LogP contribution is 2.38. The molecule has 0 aliphatic heterocycles. The number of ether oxygens (including phenoxy) is 2. The van der Waals surface area contributed by atoms with Crippen molar-refractivity contribution in [1.82, 2.24) is 0 Å². The summed E-state index contributed by atoms with van der Waals surface area (Å²) in [6.07, 6.45) is 63.0. The Balaban J connectivity index is 3.92. The second-order valence-corrected chi connectivity index (χ2v) is 21.3. The summed E-state index contributed by atoms with van der Waals surface area (Å²) in [5.41, 5.74) is 0. The van der Waals surface area contributed by atoms with E-state index in [4.69, 9.17) is 18.5 Å². The first-order valence-electron chi connectivity index (χ1n) is 28.0. The number of hydrogen-bond donors (Lipinski definition) is 0. The van der Waals surface area contributed by atoms with E-state index in [0.29, 0.717) is 17.4 Å². The molecule has 0 rings (SSSR count). The van der Waals surface area contributed by atoms with E-state index < -0.39 is 26.5 Å². The maximum Gasteiger partial charge on any atom is 0.306 e. The third-order valence-electron chi connectivity index (χ3n) is 12.1. The van der Waals surface area contributed by atoms with Gasteiger partial charge in [0.15, 0.2) is 6.10 Å². The van der Waals surface area contributed by atoms with Crippen molar-refractivity contribution in [3.05, 3.63) is 60.8 Å². The number of rotatable bonds is 51. The molecule has 0 saturated heterocycles. The first-order chi connectivity index (χ1) is 33.0. The number of allylic oxidation sites excluding steroid dienone is 10. The number of hydrogen-bond acceptors (Lipinski definition) is 8. The second kappa shape index (κ2) is 49.7. The van der Waals surface area contributed by atoms with E-state index in [1.807, 2.05) is 21.1 Å². The van der Waals surface area contributed by atoms with Gasteiger partial charge in [-0.1, -0.05) is 235 Å². The lowest BCUT2D eigenvalue weighted by molar-refractivity contribution is -0.870. The van der Waals surface area contributed by atoms with Crippen LogP contribution in [0.5, 0.6) is 0 Å². The quantitative estimate of drug-likeness (QED) is 0.0195. The Morgan fingerprint density at radius 3 is 1.25 bits per heavy atom. The van der Waals surface area contributed by atoms with Gasteiger partial charge in [-0.05, 0) is 57.8 Å². The average Bonchev–Trinajstić information content (AvgIpc) is 3.30. The molecule has 0 bridgehead atoms. The average molecular weight is 976 g/mol. The molecular weight excluding hydrogens is 870 g/mol. The van der Waals surface area contributed by atoms with Crippen molar-refractivity contribution in [2.75, 3.05) is 47.5 Å². The minimum atomic E-state index is -4.62. The summed E-state index contributed by atoms with van der Waals surface area (Å²) < 4.78 is 34.0. The number of nitrogens with zero attached hydrogens (tertiary/aromatic N) is 1. The van der Waals surface area contributed by atoms with Gasteiger partial charge >= 0.3 is 11.9 Å². The fraction of sp³-hybridized carbons (Fsp3) is 0.793. The third-order valence-corrected chi connectivity index (χ3v) is 13.0. The monoisotopic (exact) mass is 976 g/mol. The summed E-state index contributed by atoms with van der Waals surface area (Å²) >= 11 is 0. The van der Waals surface area contributed by atoms with Gasteiger partial charge in [-0.15, -0.1) is 0 Å². The van der Waals surface area contributed by atoms with Crippen LogP contribution >= 0.6 is 7.82 Å². The maximum atomic E-state index is 12.7. The van der Waals surface area contributed by atoms with Crippen molar-refractivity contribution in [2.45, 2.75) is 251 Å². The number of carbonyl (C=O) groups is 2. The zero-order valence-electron chi connectivity index (χ0n) is 44.8. The molecule has 10 heteroatoms. The molecule has 9 nitrogen and oxygen atoms in total. The number of unbranched alkanes of at least 4 members (excludes halogenated alkanes) is 27. The van der Waals surface area contributed by atoms with Gasteiger partial charge < -0.3 is 27.9 Å². The number of esters is 2. The first-order valence-corrected chi connectivity index (χ1v) is 29.5. The highest BCUT2D eigenvalue weighted by molar-refractivity contribution is 7.45. The predicted octanol–water partition coefficient (Wildman–Crippen LogP) is 16.5. The molecule has 68 heavy (non-hydrogen) atoms. The summed E-state index contributed by atoms with van der Waals surface area (Å²) in [5, 5.41) is 0. The van der Waals surface area contributed by atoms with Crippen LogP contribution in [0.25, 0.3) is 0 Å². The van der Waals surface area contributed by atoms with Crippen LogP contribution in [-0.4, -0.2) is 70.0 Å². The minimum Gasteiger partial charge on any atom is -0.756 e. The molecule has 0 heterocycles. The van der Waals surface area contributed by atoms with Gasteiger partial charge in [0, 0.05) is 12.8 Å².